The minimum absolute atomic E-state index is 0.150. The second-order valence-corrected chi connectivity index (χ2v) is 5.97. The Hall–Kier alpha value is -1.68. The van der Waals surface area contributed by atoms with Crippen LogP contribution in [0.4, 0.5) is 10.1 Å². The quantitative estimate of drug-likeness (QED) is 0.883. The van der Waals surface area contributed by atoms with E-state index in [1.807, 2.05) is 6.07 Å². The van der Waals surface area contributed by atoms with Crippen molar-refractivity contribution in [1.29, 1.82) is 0 Å². The van der Waals surface area contributed by atoms with Gasteiger partial charge in [0.2, 0.25) is 0 Å². The molecule has 0 aliphatic heterocycles. The largest absolute Gasteiger partial charge is 0.321 e. The Morgan fingerprint density at radius 1 is 1.32 bits per heavy atom. The standard InChI is InChI=1S/C15H14FNOS/c1-9-5-6-11(8-12(9)16)17-15(18)14-7-10-3-2-4-13(10)19-14/h5-8H,2-4H2,1H3,(H,17,18). The highest BCUT2D eigenvalue weighted by Gasteiger charge is 2.18. The first kappa shape index (κ1) is 12.4. The van der Waals surface area contributed by atoms with Gasteiger partial charge < -0.3 is 5.32 Å². The van der Waals surface area contributed by atoms with Gasteiger partial charge in [-0.25, -0.2) is 4.39 Å². The molecule has 98 valence electrons. The van der Waals surface area contributed by atoms with Gasteiger partial charge in [0, 0.05) is 10.6 Å². The van der Waals surface area contributed by atoms with Crippen LogP contribution in [0.25, 0.3) is 0 Å². The molecule has 2 nitrogen and oxygen atoms in total. The summed E-state index contributed by atoms with van der Waals surface area (Å²) >= 11 is 1.55. The van der Waals surface area contributed by atoms with Crippen LogP contribution in [0, 0.1) is 12.7 Å². The van der Waals surface area contributed by atoms with E-state index in [0.29, 0.717) is 16.1 Å². The molecule has 0 bridgehead atoms. The Kier molecular flexibility index (Phi) is 3.11. The van der Waals surface area contributed by atoms with Gasteiger partial charge in [-0.2, -0.15) is 0 Å². The summed E-state index contributed by atoms with van der Waals surface area (Å²) < 4.78 is 13.4. The van der Waals surface area contributed by atoms with E-state index in [4.69, 9.17) is 0 Å². The fourth-order valence-electron chi connectivity index (χ4n) is 2.30. The Balaban J connectivity index is 1.78. The zero-order valence-electron chi connectivity index (χ0n) is 10.6. The molecule has 2 aromatic rings. The number of benzene rings is 1. The summed E-state index contributed by atoms with van der Waals surface area (Å²) in [6, 6.07) is 6.71. The van der Waals surface area contributed by atoms with E-state index in [1.54, 1.807) is 30.4 Å². The summed E-state index contributed by atoms with van der Waals surface area (Å²) in [4.78, 5) is 14.1. The maximum Gasteiger partial charge on any atom is 0.265 e. The number of carbonyl (C=O) groups is 1. The van der Waals surface area contributed by atoms with Crippen LogP contribution in [-0.2, 0) is 12.8 Å². The number of nitrogens with one attached hydrogen (secondary N) is 1. The molecule has 0 saturated carbocycles. The number of thiophene rings is 1. The van der Waals surface area contributed by atoms with Crippen LogP contribution in [0.15, 0.2) is 24.3 Å². The van der Waals surface area contributed by atoms with Crippen molar-refractivity contribution in [2.75, 3.05) is 5.32 Å². The first-order valence-electron chi connectivity index (χ1n) is 6.32. The molecule has 3 rings (SSSR count). The van der Waals surface area contributed by atoms with Gasteiger partial charge in [-0.3, -0.25) is 4.79 Å². The number of amides is 1. The zero-order chi connectivity index (χ0) is 13.4. The number of hydrogen-bond donors (Lipinski definition) is 1. The number of rotatable bonds is 2. The first-order chi connectivity index (χ1) is 9.13. The van der Waals surface area contributed by atoms with Crippen molar-refractivity contribution in [1.82, 2.24) is 0 Å². The second kappa shape index (κ2) is 4.78. The molecule has 1 aliphatic carbocycles. The Morgan fingerprint density at radius 3 is 2.89 bits per heavy atom. The van der Waals surface area contributed by atoms with Gasteiger partial charge in [-0.15, -0.1) is 11.3 Å². The lowest BCUT2D eigenvalue weighted by Gasteiger charge is -2.05. The highest BCUT2D eigenvalue weighted by molar-refractivity contribution is 7.14. The SMILES string of the molecule is Cc1ccc(NC(=O)c2cc3c(s2)CCC3)cc1F. The number of hydrogen-bond acceptors (Lipinski definition) is 2. The van der Waals surface area contributed by atoms with E-state index in [1.165, 1.54) is 22.9 Å². The summed E-state index contributed by atoms with van der Waals surface area (Å²) in [5, 5.41) is 2.75. The summed E-state index contributed by atoms with van der Waals surface area (Å²) in [5.41, 5.74) is 2.37. The molecule has 1 amide bonds. The molecule has 0 atom stereocenters. The lowest BCUT2D eigenvalue weighted by molar-refractivity contribution is 0.103. The third kappa shape index (κ3) is 2.40. The van der Waals surface area contributed by atoms with Gasteiger partial charge in [0.25, 0.3) is 5.91 Å². The lowest BCUT2D eigenvalue weighted by Crippen LogP contribution is -2.10. The summed E-state index contributed by atoms with van der Waals surface area (Å²) in [6.07, 6.45) is 3.33. The molecule has 0 saturated heterocycles. The van der Waals surface area contributed by atoms with Gasteiger partial charge in [0.15, 0.2) is 0 Å². The number of aryl methyl sites for hydroxylation is 3. The monoisotopic (exact) mass is 275 g/mol. The fraction of sp³-hybridized carbons (Fsp3) is 0.267. The van der Waals surface area contributed by atoms with E-state index in [2.05, 4.69) is 5.32 Å². The summed E-state index contributed by atoms with van der Waals surface area (Å²) in [6.45, 7) is 1.70. The van der Waals surface area contributed by atoms with Crippen molar-refractivity contribution in [3.05, 3.63) is 51.0 Å². The van der Waals surface area contributed by atoms with Crippen molar-refractivity contribution in [2.24, 2.45) is 0 Å². The summed E-state index contributed by atoms with van der Waals surface area (Å²) in [7, 11) is 0. The fourth-order valence-corrected chi connectivity index (χ4v) is 3.45. The van der Waals surface area contributed by atoms with Crippen LogP contribution in [0.3, 0.4) is 0 Å². The normalized spacial score (nSPS) is 13.4. The number of halogens is 1. The average Bonchev–Trinajstić information content (AvgIpc) is 2.94. The molecule has 0 radical (unpaired) electrons. The molecular weight excluding hydrogens is 261 g/mol. The van der Waals surface area contributed by atoms with Crippen LogP contribution in [0.1, 0.15) is 32.1 Å². The Morgan fingerprint density at radius 2 is 2.16 bits per heavy atom. The number of anilines is 1. The highest BCUT2D eigenvalue weighted by Crippen LogP contribution is 2.31. The van der Waals surface area contributed by atoms with Crippen molar-refractivity contribution < 1.29 is 9.18 Å². The second-order valence-electron chi connectivity index (χ2n) is 4.83. The topological polar surface area (TPSA) is 29.1 Å². The van der Waals surface area contributed by atoms with E-state index < -0.39 is 0 Å². The predicted molar refractivity (Wildman–Crippen MR) is 75.4 cm³/mol. The molecule has 0 unspecified atom stereocenters. The number of carbonyl (C=O) groups excluding carboxylic acids is 1. The van der Waals surface area contributed by atoms with Gasteiger partial charge in [0.05, 0.1) is 4.88 Å². The molecule has 1 aliphatic rings. The van der Waals surface area contributed by atoms with Crippen LogP contribution in [-0.4, -0.2) is 5.91 Å². The van der Waals surface area contributed by atoms with E-state index in [9.17, 15) is 9.18 Å². The average molecular weight is 275 g/mol. The van der Waals surface area contributed by atoms with Crippen LogP contribution in [0.5, 0.6) is 0 Å². The Labute approximate surface area is 115 Å². The maximum absolute atomic E-state index is 13.4. The lowest BCUT2D eigenvalue weighted by atomic mass is 10.2. The third-order valence-corrected chi connectivity index (χ3v) is 4.64. The van der Waals surface area contributed by atoms with Crippen molar-refractivity contribution >= 4 is 22.9 Å². The molecule has 1 N–H and O–H groups in total. The van der Waals surface area contributed by atoms with Crippen LogP contribution in [0.2, 0.25) is 0 Å². The Bertz CT molecular complexity index is 626. The van der Waals surface area contributed by atoms with E-state index in [-0.39, 0.29) is 11.7 Å². The van der Waals surface area contributed by atoms with Gasteiger partial charge >= 0.3 is 0 Å². The predicted octanol–water partition coefficient (Wildman–Crippen LogP) is 3.94. The third-order valence-electron chi connectivity index (χ3n) is 3.40. The van der Waals surface area contributed by atoms with Crippen molar-refractivity contribution in [2.45, 2.75) is 26.2 Å². The molecule has 1 heterocycles. The minimum Gasteiger partial charge on any atom is -0.321 e. The van der Waals surface area contributed by atoms with E-state index in [0.717, 1.165) is 12.8 Å². The molecular formula is C15H14FNOS. The summed E-state index contributed by atoms with van der Waals surface area (Å²) in [5.74, 6) is -0.450. The smallest absolute Gasteiger partial charge is 0.265 e. The minimum atomic E-state index is -0.300. The van der Waals surface area contributed by atoms with E-state index >= 15 is 0 Å². The molecule has 4 heteroatoms. The molecule has 1 aromatic carbocycles. The van der Waals surface area contributed by atoms with Crippen LogP contribution >= 0.6 is 11.3 Å². The number of fused-ring (bicyclic) bond motifs is 1. The molecule has 0 fully saturated rings. The van der Waals surface area contributed by atoms with Gasteiger partial charge in [0.1, 0.15) is 5.82 Å². The van der Waals surface area contributed by atoms with Gasteiger partial charge in [-0.05, 0) is 55.5 Å². The molecule has 19 heavy (non-hydrogen) atoms. The first-order valence-corrected chi connectivity index (χ1v) is 7.14. The highest BCUT2D eigenvalue weighted by atomic mass is 32.1. The molecule has 0 spiro atoms. The molecule has 1 aromatic heterocycles. The van der Waals surface area contributed by atoms with Crippen LogP contribution < -0.4 is 5.32 Å². The zero-order valence-corrected chi connectivity index (χ0v) is 11.4. The van der Waals surface area contributed by atoms with Gasteiger partial charge in [-0.1, -0.05) is 6.07 Å². The van der Waals surface area contributed by atoms with Crippen molar-refractivity contribution in [3.63, 3.8) is 0 Å². The van der Waals surface area contributed by atoms with Crippen molar-refractivity contribution in [3.8, 4) is 0 Å². The maximum atomic E-state index is 13.4.